The van der Waals surface area contributed by atoms with E-state index >= 15 is 0 Å². The molecular weight excluding hydrogens is 384 g/mol. The molecule has 0 spiro atoms. The molecule has 1 aliphatic rings. The topological polar surface area (TPSA) is 96.6 Å². The van der Waals surface area contributed by atoms with Gasteiger partial charge in [-0.25, -0.2) is 15.0 Å². The van der Waals surface area contributed by atoms with Crippen molar-refractivity contribution in [3.05, 3.63) is 48.5 Å². The minimum atomic E-state index is -1.00. The number of fused-ring (bicyclic) bond motifs is 1. The molecule has 30 heavy (non-hydrogen) atoms. The molecule has 2 aromatic heterocycles. The number of benzene rings is 1. The number of amides is 1. The summed E-state index contributed by atoms with van der Waals surface area (Å²) >= 11 is 0. The van der Waals surface area contributed by atoms with Crippen molar-refractivity contribution in [1.82, 2.24) is 24.4 Å². The molecule has 3 heterocycles. The molecule has 0 bridgehead atoms. The molecule has 1 fully saturated rings. The highest BCUT2D eigenvalue weighted by atomic mass is 16.5. The Bertz CT molecular complexity index is 1020. The van der Waals surface area contributed by atoms with Crippen LogP contribution in [0.25, 0.3) is 11.0 Å². The van der Waals surface area contributed by atoms with Crippen LogP contribution < -0.4 is 4.90 Å². The van der Waals surface area contributed by atoms with Crippen molar-refractivity contribution in [3.63, 3.8) is 0 Å². The molecule has 1 atom stereocenters. The SMILES string of the molecule is COCCn1cnc2cc(C(=O)N(C)CC3(O)CCN(c4ncccn4)C3)ccc21. The molecule has 4 rings (SSSR count). The van der Waals surface area contributed by atoms with Gasteiger partial charge in [-0.1, -0.05) is 0 Å². The Balaban J connectivity index is 1.43. The van der Waals surface area contributed by atoms with Crippen LogP contribution in [0.4, 0.5) is 5.95 Å². The van der Waals surface area contributed by atoms with E-state index in [-0.39, 0.29) is 12.5 Å². The van der Waals surface area contributed by atoms with Crippen molar-refractivity contribution in [3.8, 4) is 0 Å². The smallest absolute Gasteiger partial charge is 0.253 e. The third-order valence-electron chi connectivity index (χ3n) is 5.45. The van der Waals surface area contributed by atoms with E-state index in [1.807, 2.05) is 15.5 Å². The number of aliphatic hydroxyl groups is 1. The zero-order valence-electron chi connectivity index (χ0n) is 17.2. The minimum absolute atomic E-state index is 0.147. The Kier molecular flexibility index (Phi) is 5.65. The molecule has 1 saturated heterocycles. The molecule has 1 unspecified atom stereocenters. The predicted octanol–water partition coefficient (Wildman–Crippen LogP) is 1.19. The summed E-state index contributed by atoms with van der Waals surface area (Å²) in [5.41, 5.74) is 1.26. The van der Waals surface area contributed by atoms with E-state index in [2.05, 4.69) is 15.0 Å². The fourth-order valence-corrected chi connectivity index (χ4v) is 3.91. The highest BCUT2D eigenvalue weighted by Crippen LogP contribution is 2.25. The number of likely N-dealkylation sites (N-methyl/N-ethyl adjacent to an activating group) is 1. The van der Waals surface area contributed by atoms with E-state index < -0.39 is 5.60 Å². The quantitative estimate of drug-likeness (QED) is 0.625. The minimum Gasteiger partial charge on any atom is -0.386 e. The summed E-state index contributed by atoms with van der Waals surface area (Å²) in [6.07, 6.45) is 5.67. The molecule has 1 aromatic carbocycles. The highest BCUT2D eigenvalue weighted by Gasteiger charge is 2.39. The first kappa shape index (κ1) is 20.2. The van der Waals surface area contributed by atoms with Gasteiger partial charge in [-0.15, -0.1) is 0 Å². The van der Waals surface area contributed by atoms with E-state index in [1.54, 1.807) is 56.0 Å². The summed E-state index contributed by atoms with van der Waals surface area (Å²) in [5.74, 6) is 0.447. The van der Waals surface area contributed by atoms with Gasteiger partial charge in [0.1, 0.15) is 5.60 Å². The number of methoxy groups -OCH3 is 1. The molecule has 9 nitrogen and oxygen atoms in total. The largest absolute Gasteiger partial charge is 0.386 e. The second-order valence-electron chi connectivity index (χ2n) is 7.74. The van der Waals surface area contributed by atoms with Crippen molar-refractivity contribution in [2.75, 3.05) is 45.3 Å². The maximum absolute atomic E-state index is 13.0. The number of hydrogen-bond acceptors (Lipinski definition) is 7. The van der Waals surface area contributed by atoms with Crippen LogP contribution in [0.3, 0.4) is 0 Å². The summed E-state index contributed by atoms with van der Waals surface area (Å²) < 4.78 is 7.12. The van der Waals surface area contributed by atoms with Gasteiger partial charge in [-0.05, 0) is 30.7 Å². The van der Waals surface area contributed by atoms with E-state index in [0.29, 0.717) is 44.2 Å². The van der Waals surface area contributed by atoms with Crippen LogP contribution in [-0.4, -0.2) is 81.4 Å². The van der Waals surface area contributed by atoms with Gasteiger partial charge in [0.25, 0.3) is 5.91 Å². The fourth-order valence-electron chi connectivity index (χ4n) is 3.91. The van der Waals surface area contributed by atoms with Crippen LogP contribution >= 0.6 is 0 Å². The number of imidazole rings is 1. The Hall–Kier alpha value is -3.04. The summed E-state index contributed by atoms with van der Waals surface area (Å²) in [4.78, 5) is 29.4. The van der Waals surface area contributed by atoms with Gasteiger partial charge in [0.15, 0.2) is 0 Å². The van der Waals surface area contributed by atoms with Gasteiger partial charge in [-0.2, -0.15) is 0 Å². The first-order chi connectivity index (χ1) is 14.5. The van der Waals surface area contributed by atoms with E-state index in [1.165, 1.54) is 0 Å². The number of carbonyl (C=O) groups is 1. The van der Waals surface area contributed by atoms with Crippen LogP contribution in [-0.2, 0) is 11.3 Å². The van der Waals surface area contributed by atoms with Gasteiger partial charge in [0.05, 0.1) is 37.1 Å². The Labute approximate surface area is 174 Å². The number of β-amino-alcohol motifs (C(OH)–C–C–N with tert-alkyl or cyclic N) is 1. The van der Waals surface area contributed by atoms with Crippen molar-refractivity contribution in [2.24, 2.45) is 0 Å². The molecule has 0 radical (unpaired) electrons. The lowest BCUT2D eigenvalue weighted by atomic mass is 10.0. The molecular formula is C21H26N6O3. The van der Waals surface area contributed by atoms with E-state index in [0.717, 1.165) is 11.0 Å². The number of nitrogens with zero attached hydrogens (tertiary/aromatic N) is 6. The lowest BCUT2D eigenvalue weighted by Crippen LogP contribution is -2.46. The molecule has 1 N–H and O–H groups in total. The average Bonchev–Trinajstić information content (AvgIpc) is 3.35. The molecule has 0 saturated carbocycles. The average molecular weight is 410 g/mol. The Morgan fingerprint density at radius 3 is 2.87 bits per heavy atom. The van der Waals surface area contributed by atoms with Gasteiger partial charge >= 0.3 is 0 Å². The Morgan fingerprint density at radius 1 is 1.30 bits per heavy atom. The zero-order chi connectivity index (χ0) is 21.1. The van der Waals surface area contributed by atoms with Crippen LogP contribution in [0.1, 0.15) is 16.8 Å². The van der Waals surface area contributed by atoms with Crippen molar-refractivity contribution in [1.29, 1.82) is 0 Å². The molecule has 1 amide bonds. The molecule has 3 aromatic rings. The number of rotatable bonds is 7. The van der Waals surface area contributed by atoms with Crippen LogP contribution in [0.5, 0.6) is 0 Å². The molecule has 158 valence electrons. The third-order valence-corrected chi connectivity index (χ3v) is 5.45. The number of hydrogen-bond donors (Lipinski definition) is 1. The highest BCUT2D eigenvalue weighted by molar-refractivity contribution is 5.97. The van der Waals surface area contributed by atoms with Crippen LogP contribution in [0, 0.1) is 0 Å². The van der Waals surface area contributed by atoms with Gasteiger partial charge in [0, 0.05) is 45.2 Å². The first-order valence-electron chi connectivity index (χ1n) is 9.93. The zero-order valence-corrected chi connectivity index (χ0v) is 17.2. The maximum Gasteiger partial charge on any atom is 0.253 e. The number of anilines is 1. The van der Waals surface area contributed by atoms with Gasteiger partial charge in [-0.3, -0.25) is 4.79 Å². The number of ether oxygens (including phenoxy) is 1. The maximum atomic E-state index is 13.0. The van der Waals surface area contributed by atoms with Gasteiger partial charge in [0.2, 0.25) is 5.95 Å². The van der Waals surface area contributed by atoms with Crippen molar-refractivity contribution >= 4 is 22.9 Å². The monoisotopic (exact) mass is 410 g/mol. The normalized spacial score (nSPS) is 18.8. The van der Waals surface area contributed by atoms with Crippen molar-refractivity contribution < 1.29 is 14.6 Å². The third kappa shape index (κ3) is 4.12. The second-order valence-corrected chi connectivity index (χ2v) is 7.74. The summed E-state index contributed by atoms with van der Waals surface area (Å²) in [6, 6.07) is 7.25. The Morgan fingerprint density at radius 2 is 2.10 bits per heavy atom. The fraction of sp³-hybridized carbons (Fsp3) is 0.429. The molecule has 1 aliphatic heterocycles. The lowest BCUT2D eigenvalue weighted by molar-refractivity contribution is 0.0264. The van der Waals surface area contributed by atoms with E-state index in [9.17, 15) is 9.90 Å². The first-order valence-corrected chi connectivity index (χ1v) is 9.93. The second kappa shape index (κ2) is 8.37. The number of aromatic nitrogens is 4. The van der Waals surface area contributed by atoms with Crippen molar-refractivity contribution in [2.45, 2.75) is 18.6 Å². The lowest BCUT2D eigenvalue weighted by Gasteiger charge is -2.29. The standard InChI is InChI=1S/C21H26N6O3/c1-25(13-21(29)6-9-26(14-21)20-22-7-3-8-23-20)19(28)16-4-5-18-17(12-16)24-15-27(18)10-11-30-2/h3-5,7-8,12,15,29H,6,9-11,13-14H2,1-2H3. The van der Waals surface area contributed by atoms with Crippen LogP contribution in [0.15, 0.2) is 43.0 Å². The van der Waals surface area contributed by atoms with Crippen LogP contribution in [0.2, 0.25) is 0 Å². The summed E-state index contributed by atoms with van der Waals surface area (Å²) in [5, 5.41) is 11.0. The van der Waals surface area contributed by atoms with E-state index in [4.69, 9.17) is 4.74 Å². The summed E-state index contributed by atoms with van der Waals surface area (Å²) in [6.45, 7) is 2.56. The predicted molar refractivity (Wildman–Crippen MR) is 112 cm³/mol. The molecule has 0 aliphatic carbocycles. The summed E-state index contributed by atoms with van der Waals surface area (Å²) in [7, 11) is 3.37. The molecule has 9 heteroatoms. The van der Waals surface area contributed by atoms with Gasteiger partial charge < -0.3 is 24.2 Å². The number of carbonyl (C=O) groups excluding carboxylic acids is 1.